The average molecular weight is 267 g/mol. The van der Waals surface area contributed by atoms with Crippen LogP contribution in [0.3, 0.4) is 0 Å². The first-order valence-electron chi connectivity index (χ1n) is 5.80. The number of aliphatic hydroxyl groups is 6. The van der Waals surface area contributed by atoms with E-state index in [4.69, 9.17) is 25.8 Å². The number of hydrogen-bond acceptors (Lipinski definition) is 8. The SMILES string of the molecule is NC(CC[C@H]1O[C@H](CO)[C@@H](O)[C@H](O)[C@@H]1O)C(O)O. The van der Waals surface area contributed by atoms with E-state index in [9.17, 15) is 15.3 Å². The summed E-state index contributed by atoms with van der Waals surface area (Å²) in [6.07, 6.45) is -7.26. The van der Waals surface area contributed by atoms with Crippen LogP contribution in [0.1, 0.15) is 12.8 Å². The van der Waals surface area contributed by atoms with E-state index in [-0.39, 0.29) is 12.8 Å². The van der Waals surface area contributed by atoms with Crippen LogP contribution in [0.2, 0.25) is 0 Å². The monoisotopic (exact) mass is 267 g/mol. The van der Waals surface area contributed by atoms with Gasteiger partial charge < -0.3 is 41.1 Å². The van der Waals surface area contributed by atoms with Crippen LogP contribution in [0.4, 0.5) is 0 Å². The van der Waals surface area contributed by atoms with Gasteiger partial charge in [-0.15, -0.1) is 0 Å². The van der Waals surface area contributed by atoms with Crippen LogP contribution < -0.4 is 5.73 Å². The fourth-order valence-corrected chi connectivity index (χ4v) is 1.92. The van der Waals surface area contributed by atoms with E-state index in [1.54, 1.807) is 0 Å². The molecule has 1 heterocycles. The van der Waals surface area contributed by atoms with Crippen molar-refractivity contribution in [2.45, 2.75) is 55.7 Å². The van der Waals surface area contributed by atoms with Crippen LogP contribution in [0.25, 0.3) is 0 Å². The second-order valence-corrected chi connectivity index (χ2v) is 4.52. The van der Waals surface area contributed by atoms with Gasteiger partial charge in [0.15, 0.2) is 6.29 Å². The van der Waals surface area contributed by atoms with Gasteiger partial charge in [0.1, 0.15) is 24.4 Å². The molecule has 0 aromatic carbocycles. The van der Waals surface area contributed by atoms with E-state index < -0.39 is 49.5 Å². The quantitative estimate of drug-likeness (QED) is 0.250. The Morgan fingerprint density at radius 2 is 1.56 bits per heavy atom. The summed E-state index contributed by atoms with van der Waals surface area (Å²) in [5.41, 5.74) is 5.41. The van der Waals surface area contributed by atoms with E-state index >= 15 is 0 Å². The molecule has 6 atom stereocenters. The van der Waals surface area contributed by atoms with Crippen molar-refractivity contribution in [3.05, 3.63) is 0 Å². The molecule has 0 radical (unpaired) electrons. The topological polar surface area (TPSA) is 157 Å². The Morgan fingerprint density at radius 1 is 1.00 bits per heavy atom. The molecular formula is C10H21NO7. The highest BCUT2D eigenvalue weighted by Crippen LogP contribution is 2.24. The molecule has 0 bridgehead atoms. The lowest BCUT2D eigenvalue weighted by Gasteiger charge is -2.40. The molecule has 8 nitrogen and oxygen atoms in total. The van der Waals surface area contributed by atoms with Gasteiger partial charge in [-0.1, -0.05) is 0 Å². The van der Waals surface area contributed by atoms with Gasteiger partial charge in [-0.2, -0.15) is 0 Å². The molecule has 1 aliphatic heterocycles. The first kappa shape index (κ1) is 15.7. The molecular weight excluding hydrogens is 246 g/mol. The molecule has 0 saturated carbocycles. The van der Waals surface area contributed by atoms with E-state index in [2.05, 4.69) is 0 Å². The summed E-state index contributed by atoms with van der Waals surface area (Å²) in [6.45, 7) is -0.490. The van der Waals surface area contributed by atoms with Crippen LogP contribution in [-0.2, 0) is 4.74 Å². The number of hydrogen-bond donors (Lipinski definition) is 7. The van der Waals surface area contributed by atoms with E-state index in [1.165, 1.54) is 0 Å². The van der Waals surface area contributed by atoms with Gasteiger partial charge in [-0.05, 0) is 12.8 Å². The molecule has 1 saturated heterocycles. The smallest absolute Gasteiger partial charge is 0.166 e. The highest BCUT2D eigenvalue weighted by Gasteiger charge is 2.43. The Kier molecular flexibility index (Phi) is 5.89. The second-order valence-electron chi connectivity index (χ2n) is 4.52. The lowest BCUT2D eigenvalue weighted by atomic mass is 9.92. The molecule has 1 unspecified atom stereocenters. The number of rotatable bonds is 5. The molecule has 0 spiro atoms. The maximum atomic E-state index is 9.69. The fraction of sp³-hybridized carbons (Fsp3) is 1.00. The molecule has 1 fully saturated rings. The summed E-state index contributed by atoms with van der Waals surface area (Å²) in [7, 11) is 0. The summed E-state index contributed by atoms with van der Waals surface area (Å²) >= 11 is 0. The van der Waals surface area contributed by atoms with Crippen molar-refractivity contribution in [1.82, 2.24) is 0 Å². The highest BCUT2D eigenvalue weighted by atomic mass is 16.5. The van der Waals surface area contributed by atoms with E-state index in [0.29, 0.717) is 0 Å². The van der Waals surface area contributed by atoms with Crippen molar-refractivity contribution in [2.75, 3.05) is 6.61 Å². The Balaban J connectivity index is 2.54. The van der Waals surface area contributed by atoms with Crippen molar-refractivity contribution in [2.24, 2.45) is 5.73 Å². The zero-order chi connectivity index (χ0) is 13.9. The molecule has 0 aromatic rings. The standard InChI is InChI=1S/C10H21NO7/c11-4(10(16)17)1-2-5-7(13)9(15)8(14)6(3-12)18-5/h4-10,12-17H,1-3,11H2/t4?,5-,6-,7-,8-,9-/m1/s1. The molecule has 8 N–H and O–H groups in total. The van der Waals surface area contributed by atoms with Crippen molar-refractivity contribution in [3.8, 4) is 0 Å². The molecule has 0 aromatic heterocycles. The van der Waals surface area contributed by atoms with Gasteiger partial charge in [-0.3, -0.25) is 0 Å². The molecule has 1 rings (SSSR count). The van der Waals surface area contributed by atoms with Gasteiger partial charge in [0.2, 0.25) is 0 Å². The predicted molar refractivity (Wildman–Crippen MR) is 59.2 cm³/mol. The van der Waals surface area contributed by atoms with Crippen molar-refractivity contribution in [1.29, 1.82) is 0 Å². The maximum absolute atomic E-state index is 9.69. The molecule has 0 aliphatic carbocycles. The van der Waals surface area contributed by atoms with Crippen LogP contribution in [0.15, 0.2) is 0 Å². The van der Waals surface area contributed by atoms with E-state index in [0.717, 1.165) is 0 Å². The summed E-state index contributed by atoms with van der Waals surface area (Å²) in [4.78, 5) is 0. The van der Waals surface area contributed by atoms with Crippen molar-refractivity contribution < 1.29 is 35.4 Å². The molecule has 8 heteroatoms. The average Bonchev–Trinajstić information content (AvgIpc) is 2.34. The lowest BCUT2D eigenvalue weighted by molar-refractivity contribution is -0.231. The van der Waals surface area contributed by atoms with Crippen LogP contribution in [0, 0.1) is 0 Å². The van der Waals surface area contributed by atoms with Gasteiger partial charge in [0.05, 0.1) is 18.8 Å². The first-order chi connectivity index (χ1) is 8.38. The summed E-state index contributed by atoms with van der Waals surface area (Å²) in [5.74, 6) is 0. The maximum Gasteiger partial charge on any atom is 0.166 e. The highest BCUT2D eigenvalue weighted by molar-refractivity contribution is 4.92. The summed E-state index contributed by atoms with van der Waals surface area (Å²) in [6, 6.07) is -0.891. The minimum Gasteiger partial charge on any atom is -0.394 e. The Labute approximate surface area is 104 Å². The third-order valence-corrected chi connectivity index (χ3v) is 3.16. The third kappa shape index (κ3) is 3.59. The van der Waals surface area contributed by atoms with Gasteiger partial charge >= 0.3 is 0 Å². The van der Waals surface area contributed by atoms with Gasteiger partial charge in [-0.25, -0.2) is 0 Å². The molecule has 108 valence electrons. The number of ether oxygens (including phenoxy) is 1. The predicted octanol–water partition coefficient (Wildman–Crippen LogP) is -3.75. The van der Waals surface area contributed by atoms with Gasteiger partial charge in [0, 0.05) is 0 Å². The van der Waals surface area contributed by atoms with Crippen LogP contribution >= 0.6 is 0 Å². The third-order valence-electron chi connectivity index (χ3n) is 3.16. The van der Waals surface area contributed by atoms with Gasteiger partial charge in [0.25, 0.3) is 0 Å². The number of nitrogens with two attached hydrogens (primary N) is 1. The summed E-state index contributed by atoms with van der Waals surface area (Å²) in [5, 5.41) is 55.3. The summed E-state index contributed by atoms with van der Waals surface area (Å²) < 4.78 is 5.23. The second kappa shape index (κ2) is 6.73. The minimum absolute atomic E-state index is 0.153. The fourth-order valence-electron chi connectivity index (χ4n) is 1.92. The van der Waals surface area contributed by atoms with Crippen LogP contribution in [0.5, 0.6) is 0 Å². The zero-order valence-corrected chi connectivity index (χ0v) is 9.83. The van der Waals surface area contributed by atoms with Crippen molar-refractivity contribution >= 4 is 0 Å². The van der Waals surface area contributed by atoms with E-state index in [1.807, 2.05) is 0 Å². The number of aliphatic hydroxyl groups excluding tert-OH is 5. The molecule has 18 heavy (non-hydrogen) atoms. The first-order valence-corrected chi connectivity index (χ1v) is 5.80. The normalized spacial score (nSPS) is 39.0. The zero-order valence-electron chi connectivity index (χ0n) is 9.83. The Hall–Kier alpha value is -0.320. The molecule has 1 aliphatic rings. The Morgan fingerprint density at radius 3 is 2.06 bits per heavy atom. The largest absolute Gasteiger partial charge is 0.394 e. The molecule has 0 amide bonds. The van der Waals surface area contributed by atoms with Crippen molar-refractivity contribution in [3.63, 3.8) is 0 Å². The Bertz CT molecular complexity index is 250. The minimum atomic E-state index is -1.67. The lowest BCUT2D eigenvalue weighted by Crippen LogP contribution is -2.58. The van der Waals surface area contributed by atoms with Crippen LogP contribution in [-0.4, -0.2) is 80.1 Å².